The highest BCUT2D eigenvalue weighted by Crippen LogP contribution is 2.27. The van der Waals surface area contributed by atoms with Gasteiger partial charge in [-0.15, -0.1) is 11.3 Å². The van der Waals surface area contributed by atoms with Crippen LogP contribution in [0.2, 0.25) is 0 Å². The lowest BCUT2D eigenvalue weighted by Gasteiger charge is -2.04. The van der Waals surface area contributed by atoms with Crippen molar-refractivity contribution in [3.63, 3.8) is 0 Å². The molecule has 2 N–H and O–H groups in total. The van der Waals surface area contributed by atoms with Gasteiger partial charge in [-0.1, -0.05) is 12.1 Å². The van der Waals surface area contributed by atoms with Gasteiger partial charge in [0.25, 0.3) is 0 Å². The Morgan fingerprint density at radius 1 is 1.17 bits per heavy atom. The number of ketones is 1. The van der Waals surface area contributed by atoms with Gasteiger partial charge >= 0.3 is 0 Å². The number of nitrogens with two attached hydrogens (primary N) is 1. The number of pyridine rings is 1. The maximum atomic E-state index is 12.4. The van der Waals surface area contributed by atoms with Crippen molar-refractivity contribution in [2.24, 2.45) is 0 Å². The Morgan fingerprint density at radius 3 is 2.89 bits per heavy atom. The van der Waals surface area contributed by atoms with Gasteiger partial charge in [0.2, 0.25) is 5.78 Å². The summed E-state index contributed by atoms with van der Waals surface area (Å²) in [7, 11) is 0. The van der Waals surface area contributed by atoms with E-state index in [1.807, 2.05) is 29.6 Å². The van der Waals surface area contributed by atoms with Crippen molar-refractivity contribution >= 4 is 32.9 Å². The zero-order valence-corrected chi connectivity index (χ0v) is 10.3. The van der Waals surface area contributed by atoms with E-state index in [0.29, 0.717) is 16.9 Å². The molecule has 3 nitrogen and oxygen atoms in total. The molecule has 0 radical (unpaired) electrons. The Hall–Kier alpha value is -2.20. The van der Waals surface area contributed by atoms with Crippen molar-refractivity contribution in [3.8, 4) is 0 Å². The highest BCUT2D eigenvalue weighted by Gasteiger charge is 2.16. The molecule has 0 bridgehead atoms. The van der Waals surface area contributed by atoms with Gasteiger partial charge in [-0.05, 0) is 35.0 Å². The van der Waals surface area contributed by atoms with Gasteiger partial charge in [0, 0.05) is 16.5 Å². The molecule has 4 heteroatoms. The first kappa shape index (κ1) is 10.9. The number of anilines is 1. The third kappa shape index (κ3) is 1.67. The van der Waals surface area contributed by atoms with Crippen LogP contribution in [0.4, 0.5) is 5.69 Å². The molecule has 0 aliphatic carbocycles. The minimum atomic E-state index is -0.124. The van der Waals surface area contributed by atoms with E-state index in [1.165, 1.54) is 0 Å². The molecule has 3 aromatic rings. The largest absolute Gasteiger partial charge is 0.397 e. The number of fused-ring (bicyclic) bond motifs is 1. The number of nitrogens with zero attached hydrogens (tertiary/aromatic N) is 1. The molecule has 2 heterocycles. The van der Waals surface area contributed by atoms with Gasteiger partial charge < -0.3 is 5.73 Å². The summed E-state index contributed by atoms with van der Waals surface area (Å²) in [6, 6.07) is 11.1. The molecule has 0 atom stereocenters. The van der Waals surface area contributed by atoms with Crippen LogP contribution < -0.4 is 5.73 Å². The first-order valence-corrected chi connectivity index (χ1v) is 6.37. The van der Waals surface area contributed by atoms with Crippen molar-refractivity contribution in [2.75, 3.05) is 5.73 Å². The fraction of sp³-hybridized carbons (Fsp3) is 0. The maximum Gasteiger partial charge on any atom is 0.214 e. The number of carbonyl (C=O) groups is 1. The van der Waals surface area contributed by atoms with Crippen LogP contribution in [0.25, 0.3) is 10.1 Å². The van der Waals surface area contributed by atoms with Gasteiger partial charge in [-0.25, -0.2) is 0 Å². The summed E-state index contributed by atoms with van der Waals surface area (Å²) in [4.78, 5) is 16.5. The Labute approximate surface area is 108 Å². The first-order chi connectivity index (χ1) is 8.77. The second-order valence-corrected chi connectivity index (χ2v) is 4.83. The molecule has 0 fully saturated rings. The monoisotopic (exact) mass is 254 g/mol. The summed E-state index contributed by atoms with van der Waals surface area (Å²) in [5.41, 5.74) is 7.19. The number of aromatic nitrogens is 1. The normalized spacial score (nSPS) is 10.7. The third-order valence-electron chi connectivity index (χ3n) is 2.78. The van der Waals surface area contributed by atoms with Crippen molar-refractivity contribution < 1.29 is 4.79 Å². The van der Waals surface area contributed by atoms with Gasteiger partial charge in [0.05, 0.1) is 5.69 Å². The van der Waals surface area contributed by atoms with Crippen LogP contribution in [-0.4, -0.2) is 10.8 Å². The van der Waals surface area contributed by atoms with E-state index >= 15 is 0 Å². The van der Waals surface area contributed by atoms with Crippen LogP contribution in [0.15, 0.2) is 48.0 Å². The molecule has 0 amide bonds. The van der Waals surface area contributed by atoms with E-state index in [2.05, 4.69) is 4.98 Å². The van der Waals surface area contributed by atoms with Crippen molar-refractivity contribution in [1.82, 2.24) is 4.98 Å². The van der Waals surface area contributed by atoms with Crippen LogP contribution in [0.3, 0.4) is 0 Å². The summed E-state index contributed by atoms with van der Waals surface area (Å²) in [6.45, 7) is 0. The standard InChI is InChI=1S/C14H10N2OS/c15-11-5-2-7-16-12(11)13(17)10-4-1-3-9-6-8-18-14(9)10/h1-8H,15H2. The fourth-order valence-corrected chi connectivity index (χ4v) is 2.82. The quantitative estimate of drug-likeness (QED) is 0.715. The van der Waals surface area contributed by atoms with Gasteiger partial charge in [0.1, 0.15) is 5.69 Å². The van der Waals surface area contributed by atoms with Gasteiger partial charge in [0.15, 0.2) is 0 Å². The molecular weight excluding hydrogens is 244 g/mol. The summed E-state index contributed by atoms with van der Waals surface area (Å²) in [5, 5.41) is 3.05. The molecule has 0 saturated carbocycles. The number of nitrogen functional groups attached to an aromatic ring is 1. The average molecular weight is 254 g/mol. The Bertz CT molecular complexity index is 733. The zero-order valence-electron chi connectivity index (χ0n) is 9.46. The van der Waals surface area contributed by atoms with E-state index in [4.69, 9.17) is 5.73 Å². The molecule has 1 aromatic carbocycles. The van der Waals surface area contributed by atoms with Crippen molar-refractivity contribution in [2.45, 2.75) is 0 Å². The predicted octanol–water partition coefficient (Wildman–Crippen LogP) is 3.11. The SMILES string of the molecule is Nc1cccnc1C(=O)c1cccc2ccsc12. The van der Waals surface area contributed by atoms with Crippen molar-refractivity contribution in [3.05, 3.63) is 59.2 Å². The second-order valence-electron chi connectivity index (χ2n) is 3.91. The maximum absolute atomic E-state index is 12.4. The number of benzene rings is 1. The molecule has 88 valence electrons. The second kappa shape index (κ2) is 4.23. The zero-order chi connectivity index (χ0) is 12.5. The summed E-state index contributed by atoms with van der Waals surface area (Å²) in [6.07, 6.45) is 1.58. The smallest absolute Gasteiger partial charge is 0.214 e. The van der Waals surface area contributed by atoms with Gasteiger partial charge in [-0.2, -0.15) is 0 Å². The number of hydrogen-bond acceptors (Lipinski definition) is 4. The van der Waals surface area contributed by atoms with E-state index in [0.717, 1.165) is 10.1 Å². The highest BCUT2D eigenvalue weighted by molar-refractivity contribution is 7.17. The average Bonchev–Trinajstić information content (AvgIpc) is 2.86. The summed E-state index contributed by atoms with van der Waals surface area (Å²) < 4.78 is 0.979. The lowest BCUT2D eigenvalue weighted by molar-refractivity contribution is 0.103. The lowest BCUT2D eigenvalue weighted by Crippen LogP contribution is -2.07. The van der Waals surface area contributed by atoms with Crippen LogP contribution >= 0.6 is 11.3 Å². The number of hydrogen-bond donors (Lipinski definition) is 1. The molecule has 0 aliphatic rings. The molecule has 0 spiro atoms. The Kier molecular flexibility index (Phi) is 2.57. The number of carbonyl (C=O) groups excluding carboxylic acids is 1. The van der Waals surface area contributed by atoms with Crippen molar-refractivity contribution in [1.29, 1.82) is 0 Å². The van der Waals surface area contributed by atoms with Crippen LogP contribution in [0, 0.1) is 0 Å². The summed E-state index contributed by atoms with van der Waals surface area (Å²) >= 11 is 1.55. The number of rotatable bonds is 2. The predicted molar refractivity (Wildman–Crippen MR) is 73.9 cm³/mol. The molecular formula is C14H10N2OS. The topological polar surface area (TPSA) is 56.0 Å². The molecule has 3 rings (SSSR count). The third-order valence-corrected chi connectivity index (χ3v) is 3.74. The minimum absolute atomic E-state index is 0.124. The summed E-state index contributed by atoms with van der Waals surface area (Å²) in [5.74, 6) is -0.124. The highest BCUT2D eigenvalue weighted by atomic mass is 32.1. The Balaban J connectivity index is 2.18. The number of thiophene rings is 1. The fourth-order valence-electron chi connectivity index (χ4n) is 1.91. The van der Waals surface area contributed by atoms with E-state index in [1.54, 1.807) is 29.7 Å². The molecule has 0 unspecified atom stereocenters. The first-order valence-electron chi connectivity index (χ1n) is 5.49. The molecule has 18 heavy (non-hydrogen) atoms. The van der Waals surface area contributed by atoms with Crippen LogP contribution in [0.1, 0.15) is 16.1 Å². The molecule has 0 aliphatic heterocycles. The van der Waals surface area contributed by atoms with Crippen LogP contribution in [-0.2, 0) is 0 Å². The minimum Gasteiger partial charge on any atom is -0.397 e. The van der Waals surface area contributed by atoms with Gasteiger partial charge in [-0.3, -0.25) is 9.78 Å². The van der Waals surface area contributed by atoms with E-state index in [9.17, 15) is 4.79 Å². The Morgan fingerprint density at radius 2 is 2.06 bits per heavy atom. The van der Waals surface area contributed by atoms with Crippen LogP contribution in [0.5, 0.6) is 0 Å². The lowest BCUT2D eigenvalue weighted by atomic mass is 10.1. The van der Waals surface area contributed by atoms with E-state index in [-0.39, 0.29) is 5.78 Å². The molecule has 2 aromatic heterocycles. The molecule has 0 saturated heterocycles. The van der Waals surface area contributed by atoms with E-state index < -0.39 is 0 Å².